The van der Waals surface area contributed by atoms with Gasteiger partial charge in [-0.1, -0.05) is 29.8 Å². The minimum Gasteiger partial charge on any atom is -0.379 e. The zero-order valence-electron chi connectivity index (χ0n) is 13.0. The van der Waals surface area contributed by atoms with Crippen LogP contribution in [0.2, 0.25) is 0 Å². The molecule has 1 aromatic rings. The third kappa shape index (κ3) is 4.76. The first-order valence-corrected chi connectivity index (χ1v) is 9.75. The Hall–Kier alpha value is -0.470. The summed E-state index contributed by atoms with van der Waals surface area (Å²) in [6.07, 6.45) is 0. The number of rotatable bonds is 6. The van der Waals surface area contributed by atoms with Crippen molar-refractivity contribution >= 4 is 26.0 Å². The second-order valence-electron chi connectivity index (χ2n) is 5.77. The summed E-state index contributed by atoms with van der Waals surface area (Å²) < 4.78 is 33.7. The zero-order chi connectivity index (χ0) is 16.2. The first-order chi connectivity index (χ1) is 10.4. The minimum atomic E-state index is -3.47. The first kappa shape index (κ1) is 17.9. The van der Waals surface area contributed by atoms with Crippen LogP contribution in [0.4, 0.5) is 0 Å². The van der Waals surface area contributed by atoms with Gasteiger partial charge in [-0.25, -0.2) is 13.1 Å². The molecule has 1 aromatic carbocycles. The van der Waals surface area contributed by atoms with Gasteiger partial charge in [0.2, 0.25) is 10.0 Å². The molecule has 124 valence electrons. The predicted octanol–water partition coefficient (Wildman–Crippen LogP) is 2.08. The molecule has 7 heteroatoms. The molecular weight excluding hydrogens is 368 g/mol. The van der Waals surface area contributed by atoms with Gasteiger partial charge in [0.25, 0.3) is 0 Å². The highest BCUT2D eigenvalue weighted by molar-refractivity contribution is 9.10. The molecular formula is C15H23BrN2O3S. The zero-order valence-corrected chi connectivity index (χ0v) is 15.4. The Balaban J connectivity index is 2.03. The maximum atomic E-state index is 12.4. The third-order valence-electron chi connectivity index (χ3n) is 3.89. The van der Waals surface area contributed by atoms with Crippen molar-refractivity contribution in [3.63, 3.8) is 0 Å². The SMILES string of the molecule is CC(C)C(CNS(=O)(=O)c1ccc(Br)cc1)N1CCOCC1. The molecule has 2 rings (SSSR count). The van der Waals surface area contributed by atoms with E-state index in [-0.39, 0.29) is 6.04 Å². The van der Waals surface area contributed by atoms with Gasteiger partial charge in [0.15, 0.2) is 0 Å². The number of benzene rings is 1. The summed E-state index contributed by atoms with van der Waals surface area (Å²) in [5, 5.41) is 0. The van der Waals surface area contributed by atoms with Crippen molar-refractivity contribution in [3.8, 4) is 0 Å². The van der Waals surface area contributed by atoms with E-state index in [2.05, 4.69) is 39.4 Å². The van der Waals surface area contributed by atoms with Gasteiger partial charge in [0.1, 0.15) is 0 Å². The maximum Gasteiger partial charge on any atom is 0.240 e. The molecule has 1 heterocycles. The normalized spacial score (nSPS) is 18.5. The van der Waals surface area contributed by atoms with Crippen molar-refractivity contribution < 1.29 is 13.2 Å². The second-order valence-corrected chi connectivity index (χ2v) is 8.45. The molecule has 0 saturated carbocycles. The molecule has 1 aliphatic rings. The lowest BCUT2D eigenvalue weighted by Gasteiger charge is -2.36. The van der Waals surface area contributed by atoms with Crippen LogP contribution >= 0.6 is 15.9 Å². The van der Waals surface area contributed by atoms with Gasteiger partial charge in [-0.3, -0.25) is 4.90 Å². The Labute approximate surface area is 141 Å². The van der Waals surface area contributed by atoms with Gasteiger partial charge in [-0.2, -0.15) is 0 Å². The summed E-state index contributed by atoms with van der Waals surface area (Å²) in [5.74, 6) is 0.366. The summed E-state index contributed by atoms with van der Waals surface area (Å²) in [6, 6.07) is 6.85. The predicted molar refractivity (Wildman–Crippen MR) is 90.3 cm³/mol. The molecule has 22 heavy (non-hydrogen) atoms. The highest BCUT2D eigenvalue weighted by Gasteiger charge is 2.25. The fourth-order valence-corrected chi connectivity index (χ4v) is 3.90. The Bertz CT molecular complexity index is 569. The van der Waals surface area contributed by atoms with Gasteiger partial charge >= 0.3 is 0 Å². The lowest BCUT2D eigenvalue weighted by molar-refractivity contribution is 0.00776. The molecule has 1 unspecified atom stereocenters. The number of hydrogen-bond acceptors (Lipinski definition) is 4. The maximum absolute atomic E-state index is 12.4. The van der Waals surface area contributed by atoms with E-state index in [1.807, 2.05) is 0 Å². The van der Waals surface area contributed by atoms with Crippen molar-refractivity contribution in [2.45, 2.75) is 24.8 Å². The summed E-state index contributed by atoms with van der Waals surface area (Å²) in [4.78, 5) is 2.60. The lowest BCUT2D eigenvalue weighted by atomic mass is 10.0. The van der Waals surface area contributed by atoms with E-state index >= 15 is 0 Å². The highest BCUT2D eigenvalue weighted by atomic mass is 79.9. The number of ether oxygens (including phenoxy) is 1. The Morgan fingerprint density at radius 3 is 2.36 bits per heavy atom. The molecule has 0 amide bonds. The Morgan fingerprint density at radius 2 is 1.82 bits per heavy atom. The topological polar surface area (TPSA) is 58.6 Å². The van der Waals surface area contributed by atoms with Crippen LogP contribution in [0.5, 0.6) is 0 Å². The van der Waals surface area contributed by atoms with E-state index < -0.39 is 10.0 Å². The Morgan fingerprint density at radius 1 is 1.23 bits per heavy atom. The van der Waals surface area contributed by atoms with Crippen LogP contribution < -0.4 is 4.72 Å². The molecule has 0 spiro atoms. The monoisotopic (exact) mass is 390 g/mol. The number of halogens is 1. The average molecular weight is 391 g/mol. The molecule has 1 saturated heterocycles. The van der Waals surface area contributed by atoms with Crippen LogP contribution in [0, 0.1) is 5.92 Å². The number of nitrogens with zero attached hydrogens (tertiary/aromatic N) is 1. The van der Waals surface area contributed by atoms with E-state index in [4.69, 9.17) is 4.74 Å². The van der Waals surface area contributed by atoms with Crippen LogP contribution in [0.3, 0.4) is 0 Å². The van der Waals surface area contributed by atoms with Crippen molar-refractivity contribution in [1.82, 2.24) is 9.62 Å². The molecule has 5 nitrogen and oxygen atoms in total. The molecule has 1 N–H and O–H groups in total. The molecule has 1 fully saturated rings. The largest absolute Gasteiger partial charge is 0.379 e. The summed E-state index contributed by atoms with van der Waals surface area (Å²) in [6.45, 7) is 7.77. The van der Waals surface area contributed by atoms with Crippen LogP contribution in [0.1, 0.15) is 13.8 Å². The molecule has 0 aromatic heterocycles. The Kier molecular flexibility index (Phi) is 6.40. The van der Waals surface area contributed by atoms with Gasteiger partial charge in [0, 0.05) is 30.1 Å². The first-order valence-electron chi connectivity index (χ1n) is 7.47. The van der Waals surface area contributed by atoms with Crippen molar-refractivity contribution in [1.29, 1.82) is 0 Å². The summed E-state index contributed by atoms with van der Waals surface area (Å²) >= 11 is 3.31. The molecule has 1 atom stereocenters. The minimum absolute atomic E-state index is 0.175. The third-order valence-corrected chi connectivity index (χ3v) is 5.86. The number of morpholine rings is 1. The van der Waals surface area contributed by atoms with Crippen molar-refractivity contribution in [3.05, 3.63) is 28.7 Å². The van der Waals surface area contributed by atoms with E-state index in [0.717, 1.165) is 17.6 Å². The smallest absolute Gasteiger partial charge is 0.240 e. The van der Waals surface area contributed by atoms with E-state index in [9.17, 15) is 8.42 Å². The van der Waals surface area contributed by atoms with Crippen molar-refractivity contribution in [2.24, 2.45) is 5.92 Å². The van der Waals surface area contributed by atoms with Gasteiger partial charge in [-0.05, 0) is 30.2 Å². The second kappa shape index (κ2) is 7.88. The fourth-order valence-electron chi connectivity index (χ4n) is 2.59. The molecule has 0 bridgehead atoms. The lowest BCUT2D eigenvalue weighted by Crippen LogP contribution is -2.51. The molecule has 0 radical (unpaired) electrons. The van der Waals surface area contributed by atoms with E-state index in [1.165, 1.54) is 0 Å². The van der Waals surface area contributed by atoms with Crippen LogP contribution in [0.15, 0.2) is 33.6 Å². The molecule has 0 aliphatic carbocycles. The molecule has 1 aliphatic heterocycles. The summed E-state index contributed by atoms with van der Waals surface area (Å²) in [7, 11) is -3.47. The quantitative estimate of drug-likeness (QED) is 0.807. The van der Waals surface area contributed by atoms with Crippen molar-refractivity contribution in [2.75, 3.05) is 32.8 Å². The number of sulfonamides is 1. The highest BCUT2D eigenvalue weighted by Crippen LogP contribution is 2.16. The van der Waals surface area contributed by atoms with Crippen LogP contribution in [-0.4, -0.2) is 52.2 Å². The van der Waals surface area contributed by atoms with E-state index in [0.29, 0.717) is 30.6 Å². The fraction of sp³-hybridized carbons (Fsp3) is 0.600. The van der Waals surface area contributed by atoms with Gasteiger partial charge < -0.3 is 4.74 Å². The summed E-state index contributed by atoms with van der Waals surface area (Å²) in [5.41, 5.74) is 0. The van der Waals surface area contributed by atoms with Crippen LogP contribution in [-0.2, 0) is 14.8 Å². The van der Waals surface area contributed by atoms with Gasteiger partial charge in [-0.15, -0.1) is 0 Å². The standard InChI is InChI=1S/C15H23BrN2O3S/c1-12(2)15(18-7-9-21-10-8-18)11-17-22(19,20)14-5-3-13(16)4-6-14/h3-6,12,15,17H,7-11H2,1-2H3. The van der Waals surface area contributed by atoms with E-state index in [1.54, 1.807) is 24.3 Å². The number of hydrogen-bond donors (Lipinski definition) is 1. The van der Waals surface area contributed by atoms with Gasteiger partial charge in [0.05, 0.1) is 18.1 Å². The average Bonchev–Trinajstić information content (AvgIpc) is 2.48. The van der Waals surface area contributed by atoms with Crippen LogP contribution in [0.25, 0.3) is 0 Å². The number of nitrogens with one attached hydrogen (secondary N) is 1.